The van der Waals surface area contributed by atoms with Gasteiger partial charge in [-0.1, -0.05) is 19.3 Å². The highest BCUT2D eigenvalue weighted by molar-refractivity contribution is 5.88. The first-order chi connectivity index (χ1) is 20.0. The summed E-state index contributed by atoms with van der Waals surface area (Å²) in [7, 11) is 0. The molecule has 0 bridgehead atoms. The van der Waals surface area contributed by atoms with Gasteiger partial charge in [0.25, 0.3) is 0 Å². The fourth-order valence-electron chi connectivity index (χ4n) is 5.44. The predicted molar refractivity (Wildman–Crippen MR) is 151 cm³/mol. The first-order valence-electron chi connectivity index (χ1n) is 14.7. The third-order valence-electron chi connectivity index (χ3n) is 7.77. The number of anilines is 1. The molecule has 0 aromatic carbocycles. The van der Waals surface area contributed by atoms with Crippen LogP contribution in [-0.2, 0) is 25.7 Å². The van der Waals surface area contributed by atoms with Crippen molar-refractivity contribution in [1.29, 1.82) is 0 Å². The fraction of sp³-hybridized carbons (Fsp3) is 0.750. The zero-order chi connectivity index (χ0) is 30.5. The summed E-state index contributed by atoms with van der Waals surface area (Å²) in [5.41, 5.74) is -1.63. The molecule has 236 valence electrons. The zero-order valence-corrected chi connectivity index (χ0v) is 24.1. The fourth-order valence-corrected chi connectivity index (χ4v) is 5.44. The van der Waals surface area contributed by atoms with Crippen molar-refractivity contribution in [2.45, 2.75) is 82.1 Å². The molecule has 5 N–H and O–H groups in total. The van der Waals surface area contributed by atoms with Gasteiger partial charge in [0.2, 0.25) is 5.95 Å². The molecule has 2 saturated heterocycles. The largest absolute Gasteiger partial charge is 0.481 e. The number of piperazine rings is 1. The van der Waals surface area contributed by atoms with E-state index in [4.69, 9.17) is 30.1 Å². The van der Waals surface area contributed by atoms with Crippen molar-refractivity contribution in [3.8, 4) is 0 Å². The lowest BCUT2D eigenvalue weighted by Crippen LogP contribution is -2.48. The number of β-amino-alcohol motifs (C(OH)–C–C–N with tert-alkyl or cyclic N) is 1. The molecule has 0 spiro atoms. The summed E-state index contributed by atoms with van der Waals surface area (Å²) in [5.74, 6) is -4.13. The molecule has 0 radical (unpaired) electrons. The van der Waals surface area contributed by atoms with Gasteiger partial charge in [-0.05, 0) is 31.7 Å². The van der Waals surface area contributed by atoms with E-state index in [1.807, 2.05) is 12.3 Å². The molecule has 1 aromatic rings. The van der Waals surface area contributed by atoms with Gasteiger partial charge in [-0.25, -0.2) is 14.8 Å². The summed E-state index contributed by atoms with van der Waals surface area (Å²) < 4.78 is 5.93. The van der Waals surface area contributed by atoms with Crippen molar-refractivity contribution in [2.75, 3.05) is 57.3 Å². The number of aromatic nitrogens is 2. The summed E-state index contributed by atoms with van der Waals surface area (Å²) >= 11 is 0. The Morgan fingerprint density at radius 1 is 0.905 bits per heavy atom. The van der Waals surface area contributed by atoms with E-state index >= 15 is 0 Å². The number of hydrogen-bond donors (Lipinski definition) is 5. The first-order valence-corrected chi connectivity index (χ1v) is 14.7. The summed E-state index contributed by atoms with van der Waals surface area (Å²) in [5, 5.41) is 44.2. The topological polar surface area (TPSA) is 197 Å². The molecule has 1 unspecified atom stereocenters. The van der Waals surface area contributed by atoms with Crippen molar-refractivity contribution in [3.63, 3.8) is 0 Å². The van der Waals surface area contributed by atoms with Gasteiger partial charge in [0, 0.05) is 58.6 Å². The maximum absolute atomic E-state index is 10.4. The normalized spacial score (nSPS) is 19.6. The number of carboxylic acid groups (broad SMARTS) is 3. The second kappa shape index (κ2) is 16.7. The van der Waals surface area contributed by atoms with Gasteiger partial charge in [0.1, 0.15) is 0 Å². The van der Waals surface area contributed by atoms with Crippen LogP contribution in [0.15, 0.2) is 12.3 Å². The molecule has 2 aliphatic heterocycles. The third kappa shape index (κ3) is 11.4. The standard InChI is InChI=1S/C22H37N5O2.C6H8O7/c28-20(18-29-21-6-2-1-3-7-21)17-26-14-12-25(13-15-26)16-19-8-9-23-22(24-19)27-10-4-5-11-27;7-3(8)1-6(13,5(11)12)2-4(9)10/h8-9,20-21,28H,1-7,10-18H2;13H,1-2H2,(H,7,8)(H,9,10)(H,11,12). The minimum atomic E-state index is -2.74. The summed E-state index contributed by atoms with van der Waals surface area (Å²) in [4.78, 5) is 46.8. The molecule has 14 heteroatoms. The second-order valence-electron chi connectivity index (χ2n) is 11.3. The van der Waals surface area contributed by atoms with E-state index in [-0.39, 0.29) is 6.10 Å². The van der Waals surface area contributed by atoms with Gasteiger partial charge in [0.05, 0.1) is 37.4 Å². The van der Waals surface area contributed by atoms with Gasteiger partial charge >= 0.3 is 17.9 Å². The Kier molecular flexibility index (Phi) is 13.3. The van der Waals surface area contributed by atoms with Gasteiger partial charge in [0.15, 0.2) is 5.60 Å². The van der Waals surface area contributed by atoms with E-state index in [1.54, 1.807) is 0 Å². The predicted octanol–water partition coefficient (Wildman–Crippen LogP) is 0.656. The van der Waals surface area contributed by atoms with Crippen LogP contribution in [0.25, 0.3) is 0 Å². The molecular weight excluding hydrogens is 550 g/mol. The quantitative estimate of drug-likeness (QED) is 0.213. The van der Waals surface area contributed by atoms with Crippen LogP contribution in [0.5, 0.6) is 0 Å². The first kappa shape index (κ1) is 33.6. The molecule has 0 amide bonds. The van der Waals surface area contributed by atoms with Crippen molar-refractivity contribution >= 4 is 23.9 Å². The van der Waals surface area contributed by atoms with Crippen LogP contribution in [0.4, 0.5) is 5.95 Å². The molecule has 1 saturated carbocycles. The molecule has 3 aliphatic rings. The average molecular weight is 596 g/mol. The molecule has 4 rings (SSSR count). The number of hydrogen-bond acceptors (Lipinski definition) is 11. The van der Waals surface area contributed by atoms with E-state index in [0.717, 1.165) is 70.3 Å². The van der Waals surface area contributed by atoms with Gasteiger partial charge in [-0.2, -0.15) is 0 Å². The highest BCUT2D eigenvalue weighted by atomic mass is 16.5. The van der Waals surface area contributed by atoms with Crippen LogP contribution < -0.4 is 4.90 Å². The smallest absolute Gasteiger partial charge is 0.336 e. The minimum absolute atomic E-state index is 0.369. The molecule has 3 heterocycles. The van der Waals surface area contributed by atoms with Crippen molar-refractivity contribution < 1.29 is 44.7 Å². The Hall–Kier alpha value is -2.91. The Labute approximate surface area is 245 Å². The van der Waals surface area contributed by atoms with Crippen LogP contribution in [0.2, 0.25) is 0 Å². The van der Waals surface area contributed by atoms with E-state index in [0.29, 0.717) is 19.3 Å². The number of rotatable bonds is 13. The maximum atomic E-state index is 10.4. The number of nitrogens with zero attached hydrogens (tertiary/aromatic N) is 5. The van der Waals surface area contributed by atoms with Crippen LogP contribution in [-0.4, -0.2) is 133 Å². The molecule has 1 aromatic heterocycles. The van der Waals surface area contributed by atoms with E-state index in [2.05, 4.69) is 19.7 Å². The lowest BCUT2D eigenvalue weighted by Gasteiger charge is -2.35. The summed E-state index contributed by atoms with van der Waals surface area (Å²) in [6, 6.07) is 2.04. The monoisotopic (exact) mass is 595 g/mol. The molecule has 3 fully saturated rings. The molecule has 1 aliphatic carbocycles. The average Bonchev–Trinajstić information content (AvgIpc) is 3.49. The maximum Gasteiger partial charge on any atom is 0.336 e. The van der Waals surface area contributed by atoms with Crippen molar-refractivity contribution in [3.05, 3.63) is 18.0 Å². The Balaban J connectivity index is 0.000000316. The second-order valence-corrected chi connectivity index (χ2v) is 11.3. The Morgan fingerprint density at radius 2 is 1.50 bits per heavy atom. The number of carboxylic acids is 3. The van der Waals surface area contributed by atoms with Crippen LogP contribution in [0, 0.1) is 0 Å². The summed E-state index contributed by atoms with van der Waals surface area (Å²) in [6.07, 6.45) is 8.28. The number of aliphatic carboxylic acids is 3. The van der Waals surface area contributed by atoms with Crippen molar-refractivity contribution in [1.82, 2.24) is 19.8 Å². The number of aliphatic hydroxyl groups is 2. The van der Waals surface area contributed by atoms with Crippen LogP contribution in [0.1, 0.15) is 63.5 Å². The van der Waals surface area contributed by atoms with Crippen molar-refractivity contribution in [2.24, 2.45) is 0 Å². The number of carbonyl (C=O) groups is 3. The number of aliphatic hydroxyl groups excluding tert-OH is 1. The van der Waals surface area contributed by atoms with Gasteiger partial charge < -0.3 is 35.2 Å². The summed E-state index contributed by atoms with van der Waals surface area (Å²) in [6.45, 7) is 8.24. The molecular formula is C28H45N5O9. The molecule has 42 heavy (non-hydrogen) atoms. The van der Waals surface area contributed by atoms with Gasteiger partial charge in [-0.3, -0.25) is 19.4 Å². The third-order valence-corrected chi connectivity index (χ3v) is 7.77. The lowest BCUT2D eigenvalue weighted by molar-refractivity contribution is -0.170. The Bertz CT molecular complexity index is 993. The number of ether oxygens (including phenoxy) is 1. The van der Waals surface area contributed by atoms with Gasteiger partial charge in [-0.15, -0.1) is 0 Å². The highest BCUT2D eigenvalue weighted by Crippen LogP contribution is 2.21. The SMILES string of the molecule is O=C(O)CC(O)(CC(=O)O)C(=O)O.OC(COC1CCCCC1)CN1CCN(Cc2ccnc(N3CCCC3)n2)CC1. The zero-order valence-electron chi connectivity index (χ0n) is 24.1. The van der Waals surface area contributed by atoms with Crippen LogP contribution in [0.3, 0.4) is 0 Å². The van der Waals surface area contributed by atoms with E-state index in [1.165, 1.54) is 32.1 Å². The Morgan fingerprint density at radius 3 is 2.07 bits per heavy atom. The van der Waals surface area contributed by atoms with E-state index < -0.39 is 36.4 Å². The van der Waals surface area contributed by atoms with E-state index in [9.17, 15) is 19.5 Å². The molecule has 1 atom stereocenters. The molecule has 14 nitrogen and oxygen atoms in total. The highest BCUT2D eigenvalue weighted by Gasteiger charge is 2.40. The minimum Gasteiger partial charge on any atom is -0.481 e. The van der Waals surface area contributed by atoms with Crippen LogP contribution >= 0.6 is 0 Å². The lowest BCUT2D eigenvalue weighted by atomic mass is 9.96.